The summed E-state index contributed by atoms with van der Waals surface area (Å²) in [6, 6.07) is 17.9. The second-order valence-electron chi connectivity index (χ2n) is 11.7. The molecule has 0 aliphatic carbocycles. The lowest BCUT2D eigenvalue weighted by molar-refractivity contribution is -0.395. The van der Waals surface area contributed by atoms with Gasteiger partial charge >= 0.3 is 0 Å². The smallest absolute Gasteiger partial charge is 0.279 e. The van der Waals surface area contributed by atoms with E-state index in [1.807, 2.05) is 31.2 Å². The minimum atomic E-state index is -1.38. The molecule has 0 N–H and O–H groups in total. The Morgan fingerprint density at radius 3 is 2.16 bits per heavy atom. The molecule has 3 aromatic rings. The van der Waals surface area contributed by atoms with Crippen molar-refractivity contribution in [2.75, 3.05) is 19.9 Å². The number of benzene rings is 3. The Hall–Kier alpha value is -4.13. The number of hydrogen-bond donors (Lipinski definition) is 0. The summed E-state index contributed by atoms with van der Waals surface area (Å²) in [6.07, 6.45) is 0.641. The number of nitro groups is 2. The van der Waals surface area contributed by atoms with E-state index >= 15 is 0 Å². The first-order chi connectivity index (χ1) is 20.4. The Balaban J connectivity index is 1.71. The van der Waals surface area contributed by atoms with E-state index in [1.165, 1.54) is 19.1 Å². The zero-order valence-corrected chi connectivity index (χ0v) is 26.1. The average Bonchev–Trinajstić information content (AvgIpc) is 3.20. The second-order valence-corrected chi connectivity index (χ2v) is 17.3. The maximum Gasteiger partial charge on any atom is 0.279 e. The van der Waals surface area contributed by atoms with Crippen LogP contribution in [0.25, 0.3) is 0 Å². The highest BCUT2D eigenvalue weighted by Gasteiger charge is 2.51. The molecule has 0 bridgehead atoms. The molecule has 1 aliphatic heterocycles. The van der Waals surface area contributed by atoms with Crippen molar-refractivity contribution in [3.63, 3.8) is 0 Å². The largest absolute Gasteiger partial charge is 0.468 e. The standard InChI is InChI=1S/C31H37N3O8Si/c1-6-15-32-30(35)26-9-7-8-10-27(26)31(32,24-11-13-25(14-12-24)41-21-40-16-17-43(3,4)5)42-20-23-18-28(33(36)37)22(2)29(19-23)34(38)39/h7-14,18-19H,6,15-17,20-21H2,1-5H3. The fourth-order valence-electron chi connectivity index (χ4n) is 5.15. The van der Waals surface area contributed by atoms with Crippen molar-refractivity contribution in [3.05, 3.63) is 109 Å². The predicted molar refractivity (Wildman–Crippen MR) is 164 cm³/mol. The number of fused-ring (bicyclic) bond motifs is 1. The molecule has 0 radical (unpaired) electrons. The van der Waals surface area contributed by atoms with E-state index in [9.17, 15) is 25.0 Å². The second kappa shape index (κ2) is 13.0. The van der Waals surface area contributed by atoms with Crippen molar-refractivity contribution in [2.24, 2.45) is 0 Å². The summed E-state index contributed by atoms with van der Waals surface area (Å²) < 4.78 is 18.1. The lowest BCUT2D eigenvalue weighted by Gasteiger charge is -2.39. The Labute approximate surface area is 251 Å². The molecule has 1 amide bonds. The average molecular weight is 608 g/mol. The number of carbonyl (C=O) groups is 1. The van der Waals surface area contributed by atoms with Gasteiger partial charge in [-0.3, -0.25) is 25.0 Å². The number of nitro benzene ring substituents is 2. The van der Waals surface area contributed by atoms with Crippen LogP contribution < -0.4 is 4.74 Å². The van der Waals surface area contributed by atoms with Crippen LogP contribution in [0.3, 0.4) is 0 Å². The summed E-state index contributed by atoms with van der Waals surface area (Å²) in [7, 11) is -1.21. The summed E-state index contributed by atoms with van der Waals surface area (Å²) in [4.78, 5) is 37.4. The summed E-state index contributed by atoms with van der Waals surface area (Å²) in [5.74, 6) is 0.366. The monoisotopic (exact) mass is 607 g/mol. The topological polar surface area (TPSA) is 134 Å². The van der Waals surface area contributed by atoms with Crippen molar-refractivity contribution in [1.29, 1.82) is 0 Å². The molecule has 0 saturated carbocycles. The van der Waals surface area contributed by atoms with Gasteiger partial charge in [-0.2, -0.15) is 0 Å². The summed E-state index contributed by atoms with van der Waals surface area (Å²) in [5.41, 5.74) is -0.185. The summed E-state index contributed by atoms with van der Waals surface area (Å²) in [5, 5.41) is 23.4. The van der Waals surface area contributed by atoms with Gasteiger partial charge in [-0.05, 0) is 43.2 Å². The van der Waals surface area contributed by atoms with Crippen LogP contribution in [0.5, 0.6) is 5.75 Å². The molecule has 3 aromatic carbocycles. The third kappa shape index (κ3) is 6.76. The molecule has 4 rings (SSSR count). The predicted octanol–water partition coefficient (Wildman–Crippen LogP) is 6.79. The van der Waals surface area contributed by atoms with Gasteiger partial charge in [0.25, 0.3) is 17.3 Å². The van der Waals surface area contributed by atoms with Crippen molar-refractivity contribution >= 4 is 25.4 Å². The molecule has 1 heterocycles. The number of carbonyl (C=O) groups excluding carboxylic acids is 1. The fourth-order valence-corrected chi connectivity index (χ4v) is 5.90. The van der Waals surface area contributed by atoms with Gasteiger partial charge in [-0.15, -0.1) is 0 Å². The van der Waals surface area contributed by atoms with Crippen molar-refractivity contribution in [1.82, 2.24) is 4.90 Å². The zero-order chi connectivity index (χ0) is 31.4. The van der Waals surface area contributed by atoms with Crippen LogP contribution in [0, 0.1) is 27.2 Å². The maximum atomic E-state index is 13.7. The van der Waals surface area contributed by atoms with E-state index in [4.69, 9.17) is 14.2 Å². The number of hydrogen-bond acceptors (Lipinski definition) is 8. The molecule has 228 valence electrons. The van der Waals surface area contributed by atoms with Crippen molar-refractivity contribution < 1.29 is 28.9 Å². The van der Waals surface area contributed by atoms with Crippen LogP contribution in [-0.2, 0) is 21.8 Å². The first-order valence-corrected chi connectivity index (χ1v) is 17.9. The van der Waals surface area contributed by atoms with Crippen molar-refractivity contribution in [2.45, 2.75) is 58.3 Å². The highest BCUT2D eigenvalue weighted by atomic mass is 28.3. The van der Waals surface area contributed by atoms with Crippen LogP contribution in [0.2, 0.25) is 25.7 Å². The normalized spacial score (nSPS) is 16.3. The van der Waals surface area contributed by atoms with Gasteiger partial charge in [0.1, 0.15) is 11.3 Å². The van der Waals surface area contributed by atoms with Crippen LogP contribution in [0.1, 0.15) is 46.0 Å². The van der Waals surface area contributed by atoms with Crippen LogP contribution in [0.4, 0.5) is 11.4 Å². The molecular weight excluding hydrogens is 570 g/mol. The number of nitrogens with zero attached hydrogens (tertiary/aromatic N) is 3. The van der Waals surface area contributed by atoms with Gasteiger partial charge in [0.05, 0.1) is 16.5 Å². The molecule has 0 saturated heterocycles. The van der Waals surface area contributed by atoms with E-state index in [1.54, 1.807) is 29.2 Å². The van der Waals surface area contributed by atoms with Crippen LogP contribution in [0.15, 0.2) is 60.7 Å². The third-order valence-electron chi connectivity index (χ3n) is 7.40. The minimum absolute atomic E-state index is 0.0393. The molecule has 0 spiro atoms. The van der Waals surface area contributed by atoms with E-state index in [-0.39, 0.29) is 41.8 Å². The molecule has 0 aromatic heterocycles. The molecule has 1 aliphatic rings. The number of rotatable bonds is 14. The van der Waals surface area contributed by atoms with E-state index in [0.29, 0.717) is 42.0 Å². The molecule has 11 nitrogen and oxygen atoms in total. The van der Waals surface area contributed by atoms with Gasteiger partial charge in [0.2, 0.25) is 0 Å². The van der Waals surface area contributed by atoms with E-state index in [2.05, 4.69) is 19.6 Å². The molecular formula is C31H37N3O8Si. The Morgan fingerprint density at radius 2 is 1.58 bits per heavy atom. The number of ether oxygens (including phenoxy) is 3. The maximum absolute atomic E-state index is 13.7. The zero-order valence-electron chi connectivity index (χ0n) is 25.1. The SMILES string of the molecule is CCCN1C(=O)c2ccccc2C1(OCc1cc([N+](=O)[O-])c(C)c([N+](=O)[O-])c1)c1ccc(OCOCC[Si](C)(C)C)cc1. The highest BCUT2D eigenvalue weighted by molar-refractivity contribution is 6.76. The molecule has 12 heteroatoms. The van der Waals surface area contributed by atoms with Crippen LogP contribution in [-0.4, -0.2) is 48.7 Å². The van der Waals surface area contributed by atoms with Gasteiger partial charge in [-0.1, -0.05) is 56.9 Å². The molecule has 0 fully saturated rings. The Morgan fingerprint density at radius 1 is 0.953 bits per heavy atom. The van der Waals surface area contributed by atoms with Gasteiger partial charge in [0.15, 0.2) is 12.5 Å². The van der Waals surface area contributed by atoms with Gasteiger partial charge in [0, 0.05) is 50.0 Å². The van der Waals surface area contributed by atoms with Crippen molar-refractivity contribution in [3.8, 4) is 5.75 Å². The first kappa shape index (κ1) is 31.8. The Bertz CT molecular complexity index is 1470. The molecule has 43 heavy (non-hydrogen) atoms. The van der Waals surface area contributed by atoms with Crippen LogP contribution >= 0.6 is 0 Å². The van der Waals surface area contributed by atoms with E-state index < -0.39 is 23.6 Å². The Kier molecular flexibility index (Phi) is 9.63. The fraction of sp³-hybridized carbons (Fsp3) is 0.387. The summed E-state index contributed by atoms with van der Waals surface area (Å²) in [6.45, 7) is 11.0. The van der Waals surface area contributed by atoms with Gasteiger partial charge in [-0.25, -0.2) is 0 Å². The van der Waals surface area contributed by atoms with E-state index in [0.717, 1.165) is 6.04 Å². The molecule has 1 atom stereocenters. The first-order valence-electron chi connectivity index (χ1n) is 14.2. The molecule has 1 unspecified atom stereocenters. The van der Waals surface area contributed by atoms with Gasteiger partial charge < -0.3 is 19.1 Å². The minimum Gasteiger partial charge on any atom is -0.468 e. The quantitative estimate of drug-likeness (QED) is 0.0643. The number of amides is 1. The lowest BCUT2D eigenvalue weighted by Crippen LogP contribution is -2.47. The lowest BCUT2D eigenvalue weighted by atomic mass is 9.93. The third-order valence-corrected chi connectivity index (χ3v) is 9.10. The highest BCUT2D eigenvalue weighted by Crippen LogP contribution is 2.46. The summed E-state index contributed by atoms with van der Waals surface area (Å²) >= 11 is 0.